The van der Waals surface area contributed by atoms with E-state index in [2.05, 4.69) is 5.32 Å². The summed E-state index contributed by atoms with van der Waals surface area (Å²) in [4.78, 5) is 26.2. The molecule has 0 radical (unpaired) electrons. The minimum absolute atomic E-state index is 0.0129. The average molecular weight is 392 g/mol. The van der Waals surface area contributed by atoms with Gasteiger partial charge in [-0.1, -0.05) is 6.07 Å². The van der Waals surface area contributed by atoms with Gasteiger partial charge < -0.3 is 15.0 Å². The van der Waals surface area contributed by atoms with E-state index in [1.807, 2.05) is 13.0 Å². The van der Waals surface area contributed by atoms with E-state index in [1.54, 1.807) is 12.1 Å². The molecule has 1 saturated heterocycles. The van der Waals surface area contributed by atoms with Gasteiger partial charge in [-0.3, -0.25) is 9.59 Å². The minimum Gasteiger partial charge on any atom is -0.495 e. The maximum atomic E-state index is 12.7. The van der Waals surface area contributed by atoms with E-state index in [-0.39, 0.29) is 24.8 Å². The van der Waals surface area contributed by atoms with Crippen molar-refractivity contribution in [1.82, 2.24) is 0 Å². The fraction of sp³-hybridized carbons (Fsp3) is 0.300. The number of alkyl halides is 3. The second-order valence-corrected chi connectivity index (χ2v) is 6.64. The lowest BCUT2D eigenvalue weighted by molar-refractivity contribution is -0.137. The molecule has 8 heteroatoms. The molecule has 1 N–H and O–H groups in total. The van der Waals surface area contributed by atoms with Crippen LogP contribution < -0.4 is 15.0 Å². The van der Waals surface area contributed by atoms with Crippen molar-refractivity contribution in [3.8, 4) is 5.75 Å². The first-order chi connectivity index (χ1) is 13.2. The van der Waals surface area contributed by atoms with Crippen molar-refractivity contribution in [3.05, 3.63) is 53.6 Å². The van der Waals surface area contributed by atoms with E-state index < -0.39 is 17.7 Å². The van der Waals surface area contributed by atoms with Crippen LogP contribution in [-0.2, 0) is 15.8 Å². The highest BCUT2D eigenvalue weighted by atomic mass is 19.4. The number of amides is 2. The molecule has 1 aliphatic rings. The molecule has 5 nitrogen and oxygen atoms in total. The van der Waals surface area contributed by atoms with Crippen LogP contribution in [0.15, 0.2) is 42.5 Å². The first-order valence-corrected chi connectivity index (χ1v) is 8.62. The average Bonchev–Trinajstić information content (AvgIpc) is 3.03. The number of carbonyl (C=O) groups excluding carboxylic acids is 2. The lowest BCUT2D eigenvalue weighted by atomic mass is 10.1. The van der Waals surface area contributed by atoms with Crippen LogP contribution >= 0.6 is 0 Å². The molecule has 2 amide bonds. The largest absolute Gasteiger partial charge is 0.495 e. The van der Waals surface area contributed by atoms with Crippen molar-refractivity contribution in [2.75, 3.05) is 23.9 Å². The second-order valence-electron chi connectivity index (χ2n) is 6.64. The van der Waals surface area contributed by atoms with Crippen LogP contribution in [0.25, 0.3) is 0 Å². The molecule has 1 fully saturated rings. The lowest BCUT2D eigenvalue weighted by Crippen LogP contribution is -2.28. The van der Waals surface area contributed by atoms with Gasteiger partial charge >= 0.3 is 6.18 Å². The Bertz CT molecular complexity index is 895. The van der Waals surface area contributed by atoms with Gasteiger partial charge in [0.05, 0.1) is 24.3 Å². The maximum Gasteiger partial charge on any atom is 0.416 e. The van der Waals surface area contributed by atoms with Gasteiger partial charge in [0.1, 0.15) is 5.75 Å². The minimum atomic E-state index is -4.44. The lowest BCUT2D eigenvalue weighted by Gasteiger charge is -2.18. The summed E-state index contributed by atoms with van der Waals surface area (Å²) in [6.07, 6.45) is -4.45. The summed E-state index contributed by atoms with van der Waals surface area (Å²) in [7, 11) is 1.49. The summed E-state index contributed by atoms with van der Waals surface area (Å²) in [6, 6.07) is 9.68. The molecule has 1 heterocycles. The summed E-state index contributed by atoms with van der Waals surface area (Å²) in [5, 5.41) is 2.77. The van der Waals surface area contributed by atoms with Gasteiger partial charge in [-0.15, -0.1) is 0 Å². The number of aryl methyl sites for hydroxylation is 1. The molecule has 1 unspecified atom stereocenters. The standard InChI is InChI=1S/C20H19F3N2O3/c1-12-3-8-17(28-2)16(9-12)24-19(27)13-10-18(26)25(11-13)15-6-4-14(5-7-15)20(21,22)23/h3-9,13H,10-11H2,1-2H3,(H,24,27). The van der Waals surface area contributed by atoms with E-state index in [4.69, 9.17) is 4.74 Å². The SMILES string of the molecule is COc1ccc(C)cc1NC(=O)C1CC(=O)N(c2ccc(C(F)(F)F)cc2)C1. The predicted molar refractivity (Wildman–Crippen MR) is 98.3 cm³/mol. The Morgan fingerprint density at radius 3 is 2.46 bits per heavy atom. The van der Waals surface area contributed by atoms with Gasteiger partial charge in [0, 0.05) is 18.7 Å². The Hall–Kier alpha value is -3.03. The molecule has 148 valence electrons. The van der Waals surface area contributed by atoms with Crippen LogP contribution in [0.3, 0.4) is 0 Å². The summed E-state index contributed by atoms with van der Waals surface area (Å²) >= 11 is 0. The number of ether oxygens (including phenoxy) is 1. The highest BCUT2D eigenvalue weighted by Crippen LogP contribution is 2.33. The molecule has 0 saturated carbocycles. The third kappa shape index (κ3) is 4.11. The number of benzene rings is 2. The van der Waals surface area contributed by atoms with Crippen LogP contribution in [0.5, 0.6) is 5.75 Å². The van der Waals surface area contributed by atoms with Crippen molar-refractivity contribution < 1.29 is 27.5 Å². The monoisotopic (exact) mass is 392 g/mol. The third-order valence-corrected chi connectivity index (χ3v) is 4.61. The van der Waals surface area contributed by atoms with Crippen molar-refractivity contribution in [2.24, 2.45) is 5.92 Å². The fourth-order valence-electron chi connectivity index (χ4n) is 3.12. The Balaban J connectivity index is 1.72. The van der Waals surface area contributed by atoms with Crippen LogP contribution in [0.4, 0.5) is 24.5 Å². The summed E-state index contributed by atoms with van der Waals surface area (Å²) in [5.74, 6) is -0.759. The molecule has 2 aromatic rings. The van der Waals surface area contributed by atoms with E-state index in [0.717, 1.165) is 17.7 Å². The summed E-state index contributed by atoms with van der Waals surface area (Å²) < 4.78 is 43.3. The van der Waals surface area contributed by atoms with Crippen LogP contribution in [0, 0.1) is 12.8 Å². The molecule has 0 aliphatic carbocycles. The smallest absolute Gasteiger partial charge is 0.416 e. The number of hydrogen-bond donors (Lipinski definition) is 1. The number of rotatable bonds is 4. The zero-order chi connectivity index (χ0) is 20.5. The van der Waals surface area contributed by atoms with Crippen molar-refractivity contribution in [3.63, 3.8) is 0 Å². The van der Waals surface area contributed by atoms with Crippen molar-refractivity contribution in [2.45, 2.75) is 19.5 Å². The molecule has 28 heavy (non-hydrogen) atoms. The Morgan fingerprint density at radius 2 is 1.86 bits per heavy atom. The van der Waals surface area contributed by atoms with Crippen LogP contribution in [-0.4, -0.2) is 25.5 Å². The molecule has 1 atom stereocenters. The number of anilines is 2. The third-order valence-electron chi connectivity index (χ3n) is 4.61. The van der Waals surface area contributed by atoms with E-state index >= 15 is 0 Å². The number of halogens is 3. The number of hydrogen-bond acceptors (Lipinski definition) is 3. The summed E-state index contributed by atoms with van der Waals surface area (Å²) in [6.45, 7) is 1.98. The second kappa shape index (κ2) is 7.53. The van der Waals surface area contributed by atoms with Gasteiger partial charge in [0.15, 0.2) is 0 Å². The fourth-order valence-corrected chi connectivity index (χ4v) is 3.12. The first-order valence-electron chi connectivity index (χ1n) is 8.62. The molecule has 3 rings (SSSR count). The quantitative estimate of drug-likeness (QED) is 0.855. The molecular weight excluding hydrogens is 373 g/mol. The van der Waals surface area contributed by atoms with Gasteiger partial charge in [-0.25, -0.2) is 0 Å². The highest BCUT2D eigenvalue weighted by Gasteiger charge is 2.36. The zero-order valence-electron chi connectivity index (χ0n) is 15.3. The topological polar surface area (TPSA) is 58.6 Å². The van der Waals surface area contributed by atoms with Gasteiger partial charge in [0.25, 0.3) is 0 Å². The normalized spacial score (nSPS) is 17.0. The number of carbonyl (C=O) groups is 2. The molecule has 0 aromatic heterocycles. The molecular formula is C20H19F3N2O3. The highest BCUT2D eigenvalue weighted by molar-refractivity contribution is 6.04. The molecule has 0 bridgehead atoms. The molecule has 2 aromatic carbocycles. The van der Waals surface area contributed by atoms with E-state index in [1.165, 1.54) is 24.1 Å². The number of methoxy groups -OCH3 is 1. The van der Waals surface area contributed by atoms with Crippen LogP contribution in [0.2, 0.25) is 0 Å². The number of nitrogens with zero attached hydrogens (tertiary/aromatic N) is 1. The van der Waals surface area contributed by atoms with Gasteiger partial charge in [-0.05, 0) is 48.9 Å². The Morgan fingerprint density at radius 1 is 1.18 bits per heavy atom. The first kappa shape index (κ1) is 19.7. The van der Waals surface area contributed by atoms with E-state index in [0.29, 0.717) is 17.1 Å². The van der Waals surface area contributed by atoms with E-state index in [9.17, 15) is 22.8 Å². The Kier molecular flexibility index (Phi) is 5.31. The zero-order valence-corrected chi connectivity index (χ0v) is 15.3. The predicted octanol–water partition coefficient (Wildman–Crippen LogP) is 4.01. The molecule has 0 spiro atoms. The summed E-state index contributed by atoms with van der Waals surface area (Å²) in [5.41, 5.74) is 0.989. The van der Waals surface area contributed by atoms with Crippen molar-refractivity contribution in [1.29, 1.82) is 0 Å². The van der Waals surface area contributed by atoms with Crippen LogP contribution in [0.1, 0.15) is 17.5 Å². The Labute approximate surface area is 160 Å². The molecule has 1 aliphatic heterocycles. The number of nitrogens with one attached hydrogen (secondary N) is 1. The maximum absolute atomic E-state index is 12.7. The van der Waals surface area contributed by atoms with Gasteiger partial charge in [-0.2, -0.15) is 13.2 Å². The van der Waals surface area contributed by atoms with Crippen molar-refractivity contribution >= 4 is 23.2 Å². The van der Waals surface area contributed by atoms with Gasteiger partial charge in [0.2, 0.25) is 11.8 Å².